The average Bonchev–Trinajstić information content (AvgIpc) is 2.65. The molecule has 1 aromatic carbocycles. The van der Waals surface area contributed by atoms with Gasteiger partial charge >= 0.3 is 5.97 Å². The third-order valence-electron chi connectivity index (χ3n) is 5.69. The highest BCUT2D eigenvalue weighted by Gasteiger charge is 2.29. The Kier molecular flexibility index (Phi) is 6.72. The second-order valence-electron chi connectivity index (χ2n) is 7.62. The molecule has 0 aliphatic heterocycles. The number of nitrogens with one attached hydrogen (secondary N) is 1. The Bertz CT molecular complexity index is 796. The van der Waals surface area contributed by atoms with Crippen LogP contribution in [0.1, 0.15) is 51.4 Å². The molecule has 28 heavy (non-hydrogen) atoms. The summed E-state index contributed by atoms with van der Waals surface area (Å²) in [5.41, 5.74) is 0.462. The fourth-order valence-corrected chi connectivity index (χ4v) is 5.03. The monoisotopic (exact) mass is 408 g/mol. The van der Waals surface area contributed by atoms with Gasteiger partial charge < -0.3 is 10.1 Å². The van der Waals surface area contributed by atoms with Crippen LogP contribution in [0.3, 0.4) is 0 Å². The van der Waals surface area contributed by atoms with Crippen LogP contribution in [0.2, 0.25) is 0 Å². The minimum atomic E-state index is -3.56. The Morgan fingerprint density at radius 3 is 2.25 bits per heavy atom. The van der Waals surface area contributed by atoms with Gasteiger partial charge in [-0.2, -0.15) is 4.31 Å². The van der Waals surface area contributed by atoms with Crippen molar-refractivity contribution in [1.29, 1.82) is 0 Å². The van der Waals surface area contributed by atoms with Gasteiger partial charge in [-0.05, 0) is 49.9 Å². The maximum absolute atomic E-state index is 12.8. The fraction of sp³-hybridized carbons (Fsp3) is 0.600. The lowest BCUT2D eigenvalue weighted by Gasteiger charge is -2.30. The van der Waals surface area contributed by atoms with E-state index in [1.165, 1.54) is 16.4 Å². The summed E-state index contributed by atoms with van der Waals surface area (Å²) in [6.07, 6.45) is 7.73. The summed E-state index contributed by atoms with van der Waals surface area (Å²) in [5.74, 6) is -0.838. The number of anilines is 1. The molecule has 2 aliphatic rings. The Morgan fingerprint density at radius 1 is 1.04 bits per heavy atom. The van der Waals surface area contributed by atoms with Gasteiger partial charge in [0, 0.05) is 18.8 Å². The van der Waals surface area contributed by atoms with E-state index >= 15 is 0 Å². The molecule has 3 rings (SSSR count). The van der Waals surface area contributed by atoms with Crippen molar-refractivity contribution >= 4 is 27.6 Å². The van der Waals surface area contributed by atoms with Crippen molar-refractivity contribution in [3.63, 3.8) is 0 Å². The van der Waals surface area contributed by atoms with Gasteiger partial charge in [-0.25, -0.2) is 8.42 Å². The van der Waals surface area contributed by atoms with Crippen LogP contribution in [0.5, 0.6) is 0 Å². The number of rotatable bonds is 7. The number of hydrogen-bond acceptors (Lipinski definition) is 5. The first-order valence-electron chi connectivity index (χ1n) is 9.92. The Hall–Kier alpha value is -1.93. The van der Waals surface area contributed by atoms with Crippen molar-refractivity contribution in [2.75, 3.05) is 19.0 Å². The SMILES string of the molecule is CN(C1CCCCC1)S(=O)(=O)c1ccc(NC(=O)COC(=O)C2CCC2)cc1. The predicted molar refractivity (Wildman–Crippen MR) is 105 cm³/mol. The van der Waals surface area contributed by atoms with Gasteiger partial charge in [-0.3, -0.25) is 9.59 Å². The zero-order valence-corrected chi connectivity index (χ0v) is 17.0. The molecule has 0 unspecified atom stereocenters. The van der Waals surface area contributed by atoms with Crippen molar-refractivity contribution in [1.82, 2.24) is 4.31 Å². The standard InChI is InChI=1S/C20H28N2O5S/c1-22(17-8-3-2-4-9-17)28(25,26)18-12-10-16(11-13-18)21-19(23)14-27-20(24)15-6-5-7-15/h10-13,15,17H,2-9,14H2,1H3,(H,21,23). The number of hydrogen-bond donors (Lipinski definition) is 1. The average molecular weight is 409 g/mol. The van der Waals surface area contributed by atoms with Gasteiger partial charge in [-0.15, -0.1) is 0 Å². The van der Waals surface area contributed by atoms with Crippen LogP contribution in [-0.2, 0) is 24.3 Å². The van der Waals surface area contributed by atoms with Gasteiger partial charge in [0.15, 0.2) is 6.61 Å². The quantitative estimate of drug-likeness (QED) is 0.700. The highest BCUT2D eigenvalue weighted by molar-refractivity contribution is 7.89. The summed E-state index contributed by atoms with van der Waals surface area (Å²) >= 11 is 0. The first-order chi connectivity index (χ1) is 13.4. The molecule has 1 N–H and O–H groups in total. The van der Waals surface area contributed by atoms with Crippen LogP contribution in [0.15, 0.2) is 29.2 Å². The summed E-state index contributed by atoms with van der Waals surface area (Å²) in [6.45, 7) is -0.334. The number of benzene rings is 1. The van der Waals surface area contributed by atoms with Crippen LogP contribution in [0, 0.1) is 5.92 Å². The van der Waals surface area contributed by atoms with Crippen molar-refractivity contribution < 1.29 is 22.7 Å². The van der Waals surface area contributed by atoms with Crippen molar-refractivity contribution in [3.8, 4) is 0 Å². The van der Waals surface area contributed by atoms with E-state index in [1.807, 2.05) is 0 Å². The molecule has 0 spiro atoms. The van der Waals surface area contributed by atoms with Crippen LogP contribution in [-0.4, -0.2) is 44.3 Å². The maximum atomic E-state index is 12.8. The van der Waals surface area contributed by atoms with E-state index in [9.17, 15) is 18.0 Å². The molecule has 0 heterocycles. The van der Waals surface area contributed by atoms with Crippen LogP contribution in [0.4, 0.5) is 5.69 Å². The fourth-order valence-electron chi connectivity index (χ4n) is 3.61. The van der Waals surface area contributed by atoms with Gasteiger partial charge in [0.25, 0.3) is 5.91 Å². The molecule has 2 fully saturated rings. The molecule has 8 heteroatoms. The lowest BCUT2D eigenvalue weighted by atomic mass is 9.86. The summed E-state index contributed by atoms with van der Waals surface area (Å²) in [7, 11) is -1.92. The smallest absolute Gasteiger partial charge is 0.309 e. The van der Waals surface area contributed by atoms with E-state index < -0.39 is 15.9 Å². The minimum absolute atomic E-state index is 0.0449. The van der Waals surface area contributed by atoms with E-state index in [-0.39, 0.29) is 29.4 Å². The third-order valence-corrected chi connectivity index (χ3v) is 7.61. The number of nitrogens with zero attached hydrogens (tertiary/aromatic N) is 1. The number of esters is 1. The first-order valence-corrected chi connectivity index (χ1v) is 11.4. The van der Waals surface area contributed by atoms with Gasteiger partial charge in [0.1, 0.15) is 0 Å². The second kappa shape index (κ2) is 9.05. The van der Waals surface area contributed by atoms with Crippen molar-refractivity contribution in [2.24, 2.45) is 5.92 Å². The van der Waals surface area contributed by atoms with Crippen LogP contribution in [0.25, 0.3) is 0 Å². The molecule has 2 aliphatic carbocycles. The molecule has 0 radical (unpaired) electrons. The maximum Gasteiger partial charge on any atom is 0.309 e. The highest BCUT2D eigenvalue weighted by atomic mass is 32.2. The zero-order valence-electron chi connectivity index (χ0n) is 16.2. The van der Waals surface area contributed by atoms with E-state index in [2.05, 4.69) is 5.32 Å². The summed E-state index contributed by atoms with van der Waals surface area (Å²) in [4.78, 5) is 23.8. The second-order valence-corrected chi connectivity index (χ2v) is 9.62. The van der Waals surface area contributed by atoms with E-state index in [0.717, 1.165) is 51.4 Å². The molecular formula is C20H28N2O5S. The Labute approximate surface area is 166 Å². The Morgan fingerprint density at radius 2 is 1.68 bits per heavy atom. The van der Waals surface area contributed by atoms with Crippen molar-refractivity contribution in [3.05, 3.63) is 24.3 Å². The summed E-state index contributed by atoms with van der Waals surface area (Å²) in [6, 6.07) is 6.12. The predicted octanol–water partition coefficient (Wildman–Crippen LogP) is 2.92. The normalized spacial score (nSPS) is 18.5. The van der Waals surface area contributed by atoms with Crippen LogP contribution < -0.4 is 5.32 Å². The largest absolute Gasteiger partial charge is 0.455 e. The molecule has 0 atom stereocenters. The molecule has 154 valence electrons. The summed E-state index contributed by atoms with van der Waals surface area (Å²) in [5, 5.41) is 2.62. The lowest BCUT2D eigenvalue weighted by molar-refractivity contribution is -0.154. The molecule has 2 saturated carbocycles. The molecule has 7 nitrogen and oxygen atoms in total. The van der Waals surface area contributed by atoms with Gasteiger partial charge in [-0.1, -0.05) is 25.7 Å². The van der Waals surface area contributed by atoms with E-state index in [0.29, 0.717) is 5.69 Å². The van der Waals surface area contributed by atoms with Gasteiger partial charge in [0.05, 0.1) is 10.8 Å². The summed E-state index contributed by atoms with van der Waals surface area (Å²) < 4.78 is 32.1. The zero-order chi connectivity index (χ0) is 20.1. The molecule has 1 amide bonds. The Balaban J connectivity index is 1.54. The number of ether oxygens (including phenoxy) is 1. The lowest BCUT2D eigenvalue weighted by Crippen LogP contribution is -2.38. The number of sulfonamides is 1. The molecule has 0 aromatic heterocycles. The molecule has 1 aromatic rings. The molecule has 0 bridgehead atoms. The molecule has 0 saturated heterocycles. The number of carbonyl (C=O) groups excluding carboxylic acids is 2. The van der Waals surface area contributed by atoms with E-state index in [1.54, 1.807) is 19.2 Å². The third kappa shape index (κ3) is 4.91. The number of carbonyl (C=O) groups is 2. The van der Waals surface area contributed by atoms with Crippen LogP contribution >= 0.6 is 0 Å². The van der Waals surface area contributed by atoms with E-state index in [4.69, 9.17) is 4.74 Å². The topological polar surface area (TPSA) is 92.8 Å². The van der Waals surface area contributed by atoms with Gasteiger partial charge in [0.2, 0.25) is 10.0 Å². The number of amides is 1. The highest BCUT2D eigenvalue weighted by Crippen LogP contribution is 2.28. The molecular weight excluding hydrogens is 380 g/mol. The first kappa shape index (κ1) is 20.8. The van der Waals surface area contributed by atoms with Crippen molar-refractivity contribution in [2.45, 2.75) is 62.3 Å². The minimum Gasteiger partial charge on any atom is -0.455 e.